The Bertz CT molecular complexity index is 482. The van der Waals surface area contributed by atoms with Gasteiger partial charge in [0.1, 0.15) is 26.2 Å². The number of benzene rings is 1. The highest BCUT2D eigenvalue weighted by molar-refractivity contribution is 5.76. The van der Waals surface area contributed by atoms with Gasteiger partial charge >= 0.3 is 0 Å². The SMILES string of the molecule is CC(=O)C[N+](C)(C)Cc1ccc(C[N+](C)(C)CC(C)=O)cc1. The molecule has 1 aromatic carbocycles. The van der Waals surface area contributed by atoms with Gasteiger partial charge in [0.15, 0.2) is 11.6 Å². The van der Waals surface area contributed by atoms with Crippen molar-refractivity contribution in [3.05, 3.63) is 35.4 Å². The van der Waals surface area contributed by atoms with Gasteiger partial charge in [0.2, 0.25) is 0 Å². The van der Waals surface area contributed by atoms with Crippen LogP contribution in [0.4, 0.5) is 0 Å². The van der Waals surface area contributed by atoms with Gasteiger partial charge in [-0.1, -0.05) is 24.3 Å². The Labute approximate surface area is 134 Å². The molecule has 0 heterocycles. The number of likely N-dealkylation sites (N-methyl/N-ethyl adjacent to an activating group) is 2. The highest BCUT2D eigenvalue weighted by atomic mass is 16.1. The quantitative estimate of drug-likeness (QED) is 0.689. The molecule has 0 bridgehead atoms. The Morgan fingerprint density at radius 1 is 0.727 bits per heavy atom. The first kappa shape index (κ1) is 18.5. The van der Waals surface area contributed by atoms with E-state index < -0.39 is 0 Å². The number of ketones is 2. The van der Waals surface area contributed by atoms with Crippen molar-refractivity contribution >= 4 is 11.6 Å². The fraction of sp³-hybridized carbons (Fsp3) is 0.556. The summed E-state index contributed by atoms with van der Waals surface area (Å²) < 4.78 is 1.33. The molecule has 0 aliphatic rings. The van der Waals surface area contributed by atoms with Gasteiger partial charge in [-0.2, -0.15) is 0 Å². The normalized spacial score (nSPS) is 12.3. The second-order valence-corrected chi connectivity index (χ2v) is 7.72. The maximum absolute atomic E-state index is 11.3. The van der Waals surface area contributed by atoms with Crippen LogP contribution in [-0.2, 0) is 22.7 Å². The molecule has 1 rings (SSSR count). The first-order chi connectivity index (χ1) is 9.99. The zero-order chi connectivity index (χ0) is 17.0. The molecule has 0 saturated heterocycles. The summed E-state index contributed by atoms with van der Waals surface area (Å²) in [7, 11) is 8.29. The van der Waals surface area contributed by atoms with Crippen LogP contribution in [0.1, 0.15) is 25.0 Å². The van der Waals surface area contributed by atoms with Crippen LogP contribution in [0.5, 0.6) is 0 Å². The second kappa shape index (κ2) is 7.16. The molecule has 0 fully saturated rings. The van der Waals surface area contributed by atoms with E-state index in [0.717, 1.165) is 13.1 Å². The summed E-state index contributed by atoms with van der Waals surface area (Å²) in [6.45, 7) is 6.04. The zero-order valence-corrected chi connectivity index (χ0v) is 14.8. The van der Waals surface area contributed by atoms with Gasteiger partial charge in [0, 0.05) is 25.0 Å². The van der Waals surface area contributed by atoms with Crippen LogP contribution in [0.2, 0.25) is 0 Å². The zero-order valence-electron chi connectivity index (χ0n) is 14.8. The van der Waals surface area contributed by atoms with Crippen LogP contribution >= 0.6 is 0 Å². The summed E-state index contributed by atoms with van der Waals surface area (Å²) in [5, 5.41) is 0. The number of hydrogen-bond donors (Lipinski definition) is 0. The van der Waals surface area contributed by atoms with Gasteiger partial charge in [-0.05, 0) is 0 Å². The molecule has 1 aromatic rings. The number of rotatable bonds is 8. The largest absolute Gasteiger partial charge is 0.319 e. The molecule has 0 spiro atoms. The van der Waals surface area contributed by atoms with Crippen molar-refractivity contribution in [3.8, 4) is 0 Å². The van der Waals surface area contributed by atoms with Crippen molar-refractivity contribution in [1.29, 1.82) is 0 Å². The Kier molecular flexibility index (Phi) is 6.03. The molecule has 0 aliphatic carbocycles. The first-order valence-corrected chi connectivity index (χ1v) is 7.70. The fourth-order valence-corrected chi connectivity index (χ4v) is 3.06. The summed E-state index contributed by atoms with van der Waals surface area (Å²) >= 11 is 0. The van der Waals surface area contributed by atoms with E-state index in [1.807, 2.05) is 0 Å². The molecular formula is C18H30N2O2+2. The lowest BCUT2D eigenvalue weighted by atomic mass is 10.1. The third kappa shape index (κ3) is 6.96. The Morgan fingerprint density at radius 3 is 1.23 bits per heavy atom. The number of carbonyl (C=O) groups is 2. The van der Waals surface area contributed by atoms with Gasteiger partial charge in [-0.3, -0.25) is 9.59 Å². The molecule has 0 aliphatic heterocycles. The maximum atomic E-state index is 11.3. The van der Waals surface area contributed by atoms with Crippen LogP contribution < -0.4 is 0 Å². The van der Waals surface area contributed by atoms with Crippen molar-refractivity contribution in [2.75, 3.05) is 41.3 Å². The van der Waals surface area contributed by atoms with E-state index in [1.54, 1.807) is 13.8 Å². The van der Waals surface area contributed by atoms with Crippen LogP contribution in [0, 0.1) is 0 Å². The van der Waals surface area contributed by atoms with Crippen LogP contribution in [0.25, 0.3) is 0 Å². The molecule has 4 nitrogen and oxygen atoms in total. The summed E-state index contributed by atoms with van der Waals surface area (Å²) in [5.41, 5.74) is 2.46. The molecule has 0 aromatic heterocycles. The highest BCUT2D eigenvalue weighted by Gasteiger charge is 2.20. The third-order valence-corrected chi connectivity index (χ3v) is 3.55. The van der Waals surface area contributed by atoms with Gasteiger partial charge in [-0.15, -0.1) is 0 Å². The first-order valence-electron chi connectivity index (χ1n) is 7.70. The summed E-state index contributed by atoms with van der Waals surface area (Å²) in [6.07, 6.45) is 0. The lowest BCUT2D eigenvalue weighted by molar-refractivity contribution is -0.896. The number of nitrogens with zero attached hydrogens (tertiary/aromatic N) is 2. The molecule has 122 valence electrons. The molecule has 0 amide bonds. The average Bonchev–Trinajstić information content (AvgIpc) is 2.27. The van der Waals surface area contributed by atoms with Gasteiger partial charge in [0.25, 0.3) is 0 Å². The number of quaternary nitrogens is 2. The molecule has 22 heavy (non-hydrogen) atoms. The van der Waals surface area contributed by atoms with Crippen LogP contribution in [0.15, 0.2) is 24.3 Å². The predicted molar refractivity (Wildman–Crippen MR) is 89.2 cm³/mol. The van der Waals surface area contributed by atoms with E-state index in [9.17, 15) is 9.59 Å². The van der Waals surface area contributed by atoms with Crippen LogP contribution in [-0.4, -0.2) is 61.8 Å². The predicted octanol–water partition coefficient (Wildman–Crippen LogP) is 2.02. The molecule has 0 saturated carbocycles. The maximum Gasteiger partial charge on any atom is 0.183 e. The van der Waals surface area contributed by atoms with E-state index in [4.69, 9.17) is 0 Å². The molecule has 4 heteroatoms. The average molecular weight is 306 g/mol. The lowest BCUT2D eigenvalue weighted by Gasteiger charge is -2.29. The van der Waals surface area contributed by atoms with Crippen molar-refractivity contribution in [3.63, 3.8) is 0 Å². The molecule has 0 radical (unpaired) electrons. The monoisotopic (exact) mass is 306 g/mol. The number of Topliss-reactive ketones (excluding diaryl/α,β-unsaturated/α-hetero) is 2. The smallest absolute Gasteiger partial charge is 0.183 e. The van der Waals surface area contributed by atoms with Crippen molar-refractivity contribution in [2.45, 2.75) is 26.9 Å². The van der Waals surface area contributed by atoms with E-state index in [1.165, 1.54) is 11.1 Å². The molecule has 0 unspecified atom stereocenters. The van der Waals surface area contributed by atoms with Crippen molar-refractivity contribution < 1.29 is 18.6 Å². The minimum Gasteiger partial charge on any atom is -0.319 e. The number of hydrogen-bond acceptors (Lipinski definition) is 2. The molecule has 0 atom stereocenters. The van der Waals surface area contributed by atoms with Crippen molar-refractivity contribution in [1.82, 2.24) is 0 Å². The van der Waals surface area contributed by atoms with E-state index in [-0.39, 0.29) is 11.6 Å². The lowest BCUT2D eigenvalue weighted by Crippen LogP contribution is -2.42. The minimum atomic E-state index is 0.213. The third-order valence-electron chi connectivity index (χ3n) is 3.55. The minimum absolute atomic E-state index is 0.213. The van der Waals surface area contributed by atoms with Crippen LogP contribution in [0.3, 0.4) is 0 Å². The topological polar surface area (TPSA) is 34.1 Å². The fourth-order valence-electron chi connectivity index (χ4n) is 3.06. The Morgan fingerprint density at radius 2 is 1.00 bits per heavy atom. The summed E-state index contributed by atoms with van der Waals surface area (Å²) in [4.78, 5) is 22.6. The molecule has 0 N–H and O–H groups in total. The van der Waals surface area contributed by atoms with Gasteiger partial charge < -0.3 is 8.97 Å². The second-order valence-electron chi connectivity index (χ2n) is 7.72. The number of carbonyl (C=O) groups excluding carboxylic acids is 2. The Hall–Kier alpha value is -1.52. The standard InChI is InChI=1S/C18H30N2O2/c1-15(21)11-19(3,4)13-17-7-9-18(10-8-17)14-20(5,6)12-16(2)22/h7-10H,11-14H2,1-6H3/q+2. The molecular weight excluding hydrogens is 276 g/mol. The summed E-state index contributed by atoms with van der Waals surface area (Å²) in [6, 6.07) is 8.51. The van der Waals surface area contributed by atoms with Gasteiger partial charge in [0.05, 0.1) is 28.2 Å². The van der Waals surface area contributed by atoms with Crippen molar-refractivity contribution in [2.24, 2.45) is 0 Å². The highest BCUT2D eigenvalue weighted by Crippen LogP contribution is 2.14. The Balaban J connectivity index is 2.71. The van der Waals surface area contributed by atoms with Gasteiger partial charge in [-0.25, -0.2) is 0 Å². The van der Waals surface area contributed by atoms with E-state index >= 15 is 0 Å². The van der Waals surface area contributed by atoms with E-state index in [2.05, 4.69) is 52.5 Å². The van der Waals surface area contributed by atoms with E-state index in [0.29, 0.717) is 22.1 Å². The summed E-state index contributed by atoms with van der Waals surface area (Å²) in [5.74, 6) is 0.426.